The normalized spacial score (nSPS) is 23.7. The van der Waals surface area contributed by atoms with Crippen molar-refractivity contribution in [2.24, 2.45) is 0 Å². The maximum atomic E-state index is 11.7. The molecule has 2 aliphatic heterocycles. The third kappa shape index (κ3) is 3.22. The third-order valence-corrected chi connectivity index (χ3v) is 6.13. The van der Waals surface area contributed by atoms with Crippen molar-refractivity contribution in [3.63, 3.8) is 0 Å². The SMILES string of the molecule is Cc1cc2c(cc1C)O[C@@H](c1nnc([C@@H]3CN(S(C)(=O)=O)CCO3)o1)C2. The zero-order valence-corrected chi connectivity index (χ0v) is 15.7. The van der Waals surface area contributed by atoms with Gasteiger partial charge in [-0.25, -0.2) is 8.42 Å². The third-order valence-electron chi connectivity index (χ3n) is 4.86. The van der Waals surface area contributed by atoms with Crippen LogP contribution < -0.4 is 4.74 Å². The minimum Gasteiger partial charge on any atom is -0.480 e. The van der Waals surface area contributed by atoms with Crippen molar-refractivity contribution >= 4 is 10.0 Å². The number of morpholine rings is 1. The molecule has 2 aromatic rings. The molecule has 26 heavy (non-hydrogen) atoms. The predicted octanol–water partition coefficient (Wildman–Crippen LogP) is 1.70. The van der Waals surface area contributed by atoms with Crippen molar-refractivity contribution in [3.8, 4) is 5.75 Å². The maximum Gasteiger partial charge on any atom is 0.257 e. The van der Waals surface area contributed by atoms with Crippen LogP contribution in [0.5, 0.6) is 5.75 Å². The molecule has 9 heteroatoms. The summed E-state index contributed by atoms with van der Waals surface area (Å²) in [6.07, 6.45) is 0.955. The van der Waals surface area contributed by atoms with Gasteiger partial charge >= 0.3 is 0 Å². The molecule has 140 valence electrons. The molecule has 0 bridgehead atoms. The van der Waals surface area contributed by atoms with E-state index in [0.29, 0.717) is 25.5 Å². The van der Waals surface area contributed by atoms with Gasteiger partial charge in [-0.2, -0.15) is 4.31 Å². The molecule has 0 radical (unpaired) electrons. The Labute approximate surface area is 152 Å². The van der Waals surface area contributed by atoms with Crippen LogP contribution in [0.3, 0.4) is 0 Å². The van der Waals surface area contributed by atoms with Gasteiger partial charge in [0.25, 0.3) is 5.89 Å². The number of nitrogens with zero attached hydrogens (tertiary/aromatic N) is 3. The van der Waals surface area contributed by atoms with E-state index in [4.69, 9.17) is 13.9 Å². The van der Waals surface area contributed by atoms with E-state index in [9.17, 15) is 8.42 Å². The molecule has 0 amide bonds. The summed E-state index contributed by atoms with van der Waals surface area (Å²) in [7, 11) is -3.28. The molecular formula is C17H21N3O5S. The Bertz CT molecular complexity index is 909. The molecule has 1 fully saturated rings. The average Bonchev–Trinajstić information content (AvgIpc) is 3.21. The predicted molar refractivity (Wildman–Crippen MR) is 92.4 cm³/mol. The van der Waals surface area contributed by atoms with E-state index >= 15 is 0 Å². The Morgan fingerprint density at radius 1 is 1.12 bits per heavy atom. The van der Waals surface area contributed by atoms with Crippen LogP contribution in [0, 0.1) is 13.8 Å². The molecule has 0 spiro atoms. The van der Waals surface area contributed by atoms with Crippen LogP contribution in [0.15, 0.2) is 16.5 Å². The number of aromatic nitrogens is 2. The minimum absolute atomic E-state index is 0.171. The lowest BCUT2D eigenvalue weighted by atomic mass is 10.0. The van der Waals surface area contributed by atoms with Crippen LogP contribution >= 0.6 is 0 Å². The highest BCUT2D eigenvalue weighted by Gasteiger charge is 2.34. The molecule has 8 nitrogen and oxygen atoms in total. The van der Waals surface area contributed by atoms with Gasteiger partial charge in [-0.15, -0.1) is 10.2 Å². The Balaban J connectivity index is 1.51. The molecule has 2 aliphatic rings. The van der Waals surface area contributed by atoms with E-state index in [1.807, 2.05) is 13.0 Å². The van der Waals surface area contributed by atoms with Gasteiger partial charge in [0, 0.05) is 19.5 Å². The molecule has 0 unspecified atom stereocenters. The summed E-state index contributed by atoms with van der Waals surface area (Å²) in [6, 6.07) is 4.15. The van der Waals surface area contributed by atoms with E-state index in [1.54, 1.807) is 0 Å². The lowest BCUT2D eigenvalue weighted by Crippen LogP contribution is -2.41. The number of rotatable bonds is 3. The Kier molecular flexibility index (Phi) is 4.25. The van der Waals surface area contributed by atoms with Gasteiger partial charge in [0.15, 0.2) is 6.10 Å². The maximum absolute atomic E-state index is 11.7. The van der Waals surface area contributed by atoms with Gasteiger partial charge in [-0.1, -0.05) is 6.07 Å². The fourth-order valence-electron chi connectivity index (χ4n) is 3.23. The van der Waals surface area contributed by atoms with Crippen LogP contribution in [0.1, 0.15) is 40.7 Å². The fourth-order valence-corrected chi connectivity index (χ4v) is 4.05. The molecule has 2 atom stereocenters. The highest BCUT2D eigenvalue weighted by Crippen LogP contribution is 2.38. The number of hydrogen-bond acceptors (Lipinski definition) is 7. The first kappa shape index (κ1) is 17.4. The molecule has 1 saturated heterocycles. The summed E-state index contributed by atoms with van der Waals surface area (Å²) in [5.74, 6) is 1.50. The second-order valence-corrected chi connectivity index (χ2v) is 8.80. The first-order chi connectivity index (χ1) is 12.3. The topological polar surface area (TPSA) is 94.8 Å². The van der Waals surface area contributed by atoms with Crippen molar-refractivity contribution in [1.29, 1.82) is 0 Å². The van der Waals surface area contributed by atoms with E-state index in [2.05, 4.69) is 23.2 Å². The number of hydrogen-bond donors (Lipinski definition) is 0. The van der Waals surface area contributed by atoms with Gasteiger partial charge in [0.1, 0.15) is 11.9 Å². The van der Waals surface area contributed by atoms with E-state index < -0.39 is 16.1 Å². The first-order valence-electron chi connectivity index (χ1n) is 8.48. The zero-order chi connectivity index (χ0) is 18.5. The number of aryl methyl sites for hydroxylation is 2. The van der Waals surface area contributed by atoms with Crippen LogP contribution in [0.4, 0.5) is 0 Å². The average molecular weight is 379 g/mol. The summed E-state index contributed by atoms with van der Waals surface area (Å²) in [5, 5.41) is 8.15. The smallest absolute Gasteiger partial charge is 0.257 e. The van der Waals surface area contributed by atoms with Crippen molar-refractivity contribution in [2.45, 2.75) is 32.5 Å². The molecule has 3 heterocycles. The second-order valence-electron chi connectivity index (χ2n) is 6.81. The van der Waals surface area contributed by atoms with E-state index in [0.717, 1.165) is 11.3 Å². The molecular weight excluding hydrogens is 358 g/mol. The standard InChI is InChI=1S/C17H21N3O5S/c1-10-6-12-8-14(24-13(12)7-11(10)2)16-18-19-17(25-16)15-9-20(4-5-23-15)26(3,21)22/h6-7,14-15H,4-5,8-9H2,1-3H3/t14-,15+/m1/s1. The molecule has 0 N–H and O–H groups in total. The largest absolute Gasteiger partial charge is 0.480 e. The highest BCUT2D eigenvalue weighted by molar-refractivity contribution is 7.88. The Hall–Kier alpha value is -1.97. The summed E-state index contributed by atoms with van der Waals surface area (Å²) >= 11 is 0. The summed E-state index contributed by atoms with van der Waals surface area (Å²) in [5.41, 5.74) is 3.51. The molecule has 1 aromatic heterocycles. The van der Waals surface area contributed by atoms with Gasteiger partial charge in [0.05, 0.1) is 12.9 Å². The number of benzene rings is 1. The van der Waals surface area contributed by atoms with Gasteiger partial charge in [-0.05, 0) is 36.6 Å². The van der Waals surface area contributed by atoms with E-state index in [1.165, 1.54) is 21.7 Å². The lowest BCUT2D eigenvalue weighted by molar-refractivity contribution is -0.0184. The fraction of sp³-hybridized carbons (Fsp3) is 0.529. The quantitative estimate of drug-likeness (QED) is 0.801. The minimum atomic E-state index is -3.28. The molecule has 0 saturated carbocycles. The number of sulfonamides is 1. The first-order valence-corrected chi connectivity index (χ1v) is 10.3. The Morgan fingerprint density at radius 2 is 1.81 bits per heavy atom. The lowest BCUT2D eigenvalue weighted by Gasteiger charge is -2.29. The number of fused-ring (bicyclic) bond motifs is 1. The van der Waals surface area contributed by atoms with Crippen LogP contribution in [-0.2, 0) is 21.2 Å². The monoisotopic (exact) mass is 379 g/mol. The van der Waals surface area contributed by atoms with Crippen molar-refractivity contribution in [1.82, 2.24) is 14.5 Å². The Morgan fingerprint density at radius 3 is 2.54 bits per heavy atom. The number of ether oxygens (including phenoxy) is 2. The summed E-state index contributed by atoms with van der Waals surface area (Å²) in [6.45, 7) is 4.91. The molecule has 0 aliphatic carbocycles. The summed E-state index contributed by atoms with van der Waals surface area (Å²) < 4.78 is 42.2. The van der Waals surface area contributed by atoms with Crippen molar-refractivity contribution in [2.75, 3.05) is 26.0 Å². The van der Waals surface area contributed by atoms with Gasteiger partial charge in [0.2, 0.25) is 15.9 Å². The van der Waals surface area contributed by atoms with Gasteiger partial charge in [-0.3, -0.25) is 0 Å². The van der Waals surface area contributed by atoms with Crippen LogP contribution in [0.2, 0.25) is 0 Å². The van der Waals surface area contributed by atoms with Crippen LogP contribution in [-0.4, -0.2) is 48.9 Å². The van der Waals surface area contributed by atoms with Gasteiger partial charge < -0.3 is 13.9 Å². The summed E-state index contributed by atoms with van der Waals surface area (Å²) in [4.78, 5) is 0. The van der Waals surface area contributed by atoms with Crippen LogP contribution in [0.25, 0.3) is 0 Å². The zero-order valence-electron chi connectivity index (χ0n) is 14.9. The highest BCUT2D eigenvalue weighted by atomic mass is 32.2. The molecule has 1 aromatic carbocycles. The molecule has 4 rings (SSSR count). The second kappa shape index (κ2) is 6.33. The van der Waals surface area contributed by atoms with E-state index in [-0.39, 0.29) is 18.5 Å². The van der Waals surface area contributed by atoms with Crippen molar-refractivity contribution in [3.05, 3.63) is 40.6 Å². The van der Waals surface area contributed by atoms with Crippen molar-refractivity contribution < 1.29 is 22.3 Å².